The third-order valence-corrected chi connectivity index (χ3v) is 4.58. The maximum atomic E-state index is 12.9. The largest absolute Gasteiger partial charge is 0.492 e. The molecule has 0 aliphatic heterocycles. The molecule has 0 bridgehead atoms. The maximum absolute atomic E-state index is 12.9. The molecule has 0 atom stereocenters. The Morgan fingerprint density at radius 2 is 1.48 bits per heavy atom. The van der Waals surface area contributed by atoms with Crippen LogP contribution in [0.2, 0.25) is 0 Å². The molecule has 0 radical (unpaired) electrons. The molecule has 21 heavy (non-hydrogen) atoms. The summed E-state index contributed by atoms with van der Waals surface area (Å²) in [6.07, 6.45) is 6.62. The van der Waals surface area contributed by atoms with Crippen molar-refractivity contribution in [3.8, 4) is 0 Å². The number of Topliss-reactive ketones (excluding diaryl/α,β-unsaturated/α-hetero) is 2. The smallest absolute Gasteiger partial charge is 0.228 e. The number of ether oxygens (including phenoxy) is 1. The van der Waals surface area contributed by atoms with Crippen LogP contribution in [0.3, 0.4) is 0 Å². The lowest BCUT2D eigenvalue weighted by atomic mass is 9.79. The van der Waals surface area contributed by atoms with Crippen molar-refractivity contribution < 1.29 is 14.3 Å². The Kier molecular flexibility index (Phi) is 3.91. The highest BCUT2D eigenvalue weighted by Gasteiger charge is 2.36. The van der Waals surface area contributed by atoms with Gasteiger partial charge in [0.15, 0.2) is 11.5 Å². The fraction of sp³-hybridized carbons (Fsp3) is 0.444. The second kappa shape index (κ2) is 5.84. The first kappa shape index (κ1) is 14.1. The van der Waals surface area contributed by atoms with Gasteiger partial charge >= 0.3 is 0 Å². The molecule has 3 rings (SSSR count). The summed E-state index contributed by atoms with van der Waals surface area (Å²) in [4.78, 5) is 25.5. The van der Waals surface area contributed by atoms with Gasteiger partial charge in [-0.2, -0.15) is 0 Å². The van der Waals surface area contributed by atoms with Crippen molar-refractivity contribution in [3.05, 3.63) is 46.7 Å². The lowest BCUT2D eigenvalue weighted by Crippen LogP contribution is -2.27. The van der Waals surface area contributed by atoms with E-state index in [0.717, 1.165) is 25.7 Å². The molecule has 1 aromatic carbocycles. The number of benzene rings is 1. The molecule has 1 fully saturated rings. The summed E-state index contributed by atoms with van der Waals surface area (Å²) in [6.45, 7) is 0. The molecule has 1 aromatic rings. The fourth-order valence-corrected chi connectivity index (χ4v) is 3.51. The van der Waals surface area contributed by atoms with Gasteiger partial charge in [-0.1, -0.05) is 49.9 Å². The number of ketones is 2. The molecule has 0 aromatic heterocycles. The quantitative estimate of drug-likeness (QED) is 0.773. The average Bonchev–Trinajstić information content (AvgIpc) is 2.79. The Balaban J connectivity index is 2.08. The van der Waals surface area contributed by atoms with E-state index in [1.54, 1.807) is 18.2 Å². The summed E-state index contributed by atoms with van der Waals surface area (Å²) >= 11 is 0. The first-order chi connectivity index (χ1) is 10.2. The lowest BCUT2D eigenvalue weighted by Gasteiger charge is -2.25. The highest BCUT2D eigenvalue weighted by molar-refractivity contribution is 6.26. The third-order valence-electron chi connectivity index (χ3n) is 4.58. The van der Waals surface area contributed by atoms with E-state index >= 15 is 0 Å². The highest BCUT2D eigenvalue weighted by Crippen LogP contribution is 2.36. The third kappa shape index (κ3) is 2.41. The van der Waals surface area contributed by atoms with Gasteiger partial charge in [-0.05, 0) is 18.8 Å². The fourth-order valence-electron chi connectivity index (χ4n) is 3.51. The normalized spacial score (nSPS) is 20.2. The monoisotopic (exact) mass is 284 g/mol. The van der Waals surface area contributed by atoms with E-state index in [1.165, 1.54) is 20.0 Å². The Bertz CT molecular complexity index is 605. The van der Waals surface area contributed by atoms with Gasteiger partial charge < -0.3 is 4.74 Å². The number of rotatable bonds is 2. The molecule has 110 valence electrons. The molecule has 0 saturated heterocycles. The van der Waals surface area contributed by atoms with Gasteiger partial charge in [0.1, 0.15) is 0 Å². The number of hydrogen-bond donors (Lipinski definition) is 0. The van der Waals surface area contributed by atoms with Crippen molar-refractivity contribution >= 4 is 11.6 Å². The summed E-state index contributed by atoms with van der Waals surface area (Å²) < 4.78 is 5.35. The van der Waals surface area contributed by atoms with Gasteiger partial charge in [0.2, 0.25) is 5.78 Å². The summed E-state index contributed by atoms with van der Waals surface area (Å²) in [5.41, 5.74) is 1.61. The van der Waals surface area contributed by atoms with Gasteiger partial charge in [0.25, 0.3) is 0 Å². The Hall–Kier alpha value is -1.90. The zero-order valence-electron chi connectivity index (χ0n) is 12.4. The number of hydrogen-bond acceptors (Lipinski definition) is 3. The minimum atomic E-state index is -0.146. The Morgan fingerprint density at radius 1 is 0.905 bits per heavy atom. The van der Waals surface area contributed by atoms with Crippen LogP contribution in [0.4, 0.5) is 0 Å². The maximum Gasteiger partial charge on any atom is 0.228 e. The van der Waals surface area contributed by atoms with Gasteiger partial charge in [0, 0.05) is 16.7 Å². The van der Waals surface area contributed by atoms with Crippen LogP contribution in [0, 0.1) is 5.92 Å². The van der Waals surface area contributed by atoms with Crippen LogP contribution in [0.15, 0.2) is 35.6 Å². The molecule has 0 spiro atoms. The van der Waals surface area contributed by atoms with Crippen molar-refractivity contribution in [1.29, 1.82) is 0 Å². The van der Waals surface area contributed by atoms with E-state index < -0.39 is 0 Å². The van der Waals surface area contributed by atoms with Crippen molar-refractivity contribution in [2.45, 2.75) is 38.5 Å². The molecule has 0 unspecified atom stereocenters. The van der Waals surface area contributed by atoms with E-state index in [2.05, 4.69) is 0 Å². The van der Waals surface area contributed by atoms with Crippen LogP contribution in [0.25, 0.3) is 0 Å². The molecule has 2 aliphatic rings. The summed E-state index contributed by atoms with van der Waals surface area (Å²) in [7, 11) is 1.49. The number of carbonyl (C=O) groups excluding carboxylic acids is 2. The zero-order valence-corrected chi connectivity index (χ0v) is 12.4. The van der Waals surface area contributed by atoms with Crippen LogP contribution in [-0.2, 0) is 4.74 Å². The summed E-state index contributed by atoms with van der Waals surface area (Å²) in [5, 5.41) is 0. The van der Waals surface area contributed by atoms with E-state index in [4.69, 9.17) is 4.74 Å². The predicted molar refractivity (Wildman–Crippen MR) is 80.3 cm³/mol. The van der Waals surface area contributed by atoms with E-state index in [0.29, 0.717) is 16.7 Å². The average molecular weight is 284 g/mol. The molecular formula is C18H20O3. The van der Waals surface area contributed by atoms with Crippen molar-refractivity contribution in [2.75, 3.05) is 7.11 Å². The molecule has 3 nitrogen and oxygen atoms in total. The van der Waals surface area contributed by atoms with Crippen LogP contribution in [0.1, 0.15) is 59.2 Å². The first-order valence-corrected chi connectivity index (χ1v) is 7.70. The second-order valence-electron chi connectivity index (χ2n) is 5.84. The predicted octanol–water partition coefficient (Wildman–Crippen LogP) is 3.94. The van der Waals surface area contributed by atoms with Crippen molar-refractivity contribution in [2.24, 2.45) is 5.92 Å². The topological polar surface area (TPSA) is 43.4 Å². The molecule has 0 N–H and O–H groups in total. The molecule has 0 amide bonds. The van der Waals surface area contributed by atoms with E-state index in [1.807, 2.05) is 6.07 Å². The van der Waals surface area contributed by atoms with Gasteiger partial charge in [-0.15, -0.1) is 0 Å². The van der Waals surface area contributed by atoms with Gasteiger partial charge in [-0.25, -0.2) is 0 Å². The Labute approximate surface area is 125 Å². The lowest BCUT2D eigenvalue weighted by molar-refractivity contribution is 0.0893. The molecular weight excluding hydrogens is 264 g/mol. The molecule has 1 saturated carbocycles. The standard InChI is InChI=1S/C18H20O3/c1-21-18-15(12-8-4-2-3-5-9-12)16(19)13-10-6-7-11-14(13)17(18)20/h6-7,10-12H,2-5,8-9H2,1H3. The first-order valence-electron chi connectivity index (χ1n) is 7.70. The Morgan fingerprint density at radius 3 is 2.05 bits per heavy atom. The van der Waals surface area contributed by atoms with Gasteiger partial charge in [0.05, 0.1) is 7.11 Å². The molecule has 3 heteroatoms. The van der Waals surface area contributed by atoms with Crippen LogP contribution in [-0.4, -0.2) is 18.7 Å². The minimum absolute atomic E-state index is 0.0195. The highest BCUT2D eigenvalue weighted by atomic mass is 16.5. The van der Waals surface area contributed by atoms with Crippen molar-refractivity contribution in [1.82, 2.24) is 0 Å². The van der Waals surface area contributed by atoms with E-state index in [9.17, 15) is 9.59 Å². The van der Waals surface area contributed by atoms with Crippen molar-refractivity contribution in [3.63, 3.8) is 0 Å². The minimum Gasteiger partial charge on any atom is -0.492 e. The SMILES string of the molecule is COC1=C(C2CCCCCC2)C(=O)c2ccccc2C1=O. The van der Waals surface area contributed by atoms with Crippen LogP contribution in [0.5, 0.6) is 0 Å². The van der Waals surface area contributed by atoms with Crippen LogP contribution < -0.4 is 0 Å². The summed E-state index contributed by atoms with van der Waals surface area (Å²) in [6, 6.07) is 7.05. The zero-order chi connectivity index (χ0) is 14.8. The van der Waals surface area contributed by atoms with E-state index in [-0.39, 0.29) is 23.2 Å². The summed E-state index contributed by atoms with van der Waals surface area (Å²) in [5.74, 6) is 0.263. The number of allylic oxidation sites excluding steroid dienone is 2. The number of fused-ring (bicyclic) bond motifs is 1. The second-order valence-corrected chi connectivity index (χ2v) is 5.84. The molecule has 2 aliphatic carbocycles. The molecule has 0 heterocycles. The van der Waals surface area contributed by atoms with Crippen LogP contribution >= 0.6 is 0 Å². The van der Waals surface area contributed by atoms with Gasteiger partial charge in [-0.3, -0.25) is 9.59 Å². The number of carbonyl (C=O) groups is 2. The number of methoxy groups -OCH3 is 1.